The number of aromatic nitrogens is 1. The van der Waals surface area contributed by atoms with Crippen LogP contribution in [0.25, 0.3) is 10.8 Å². The first-order valence-electron chi connectivity index (χ1n) is 8.97. The zero-order valence-corrected chi connectivity index (χ0v) is 15.1. The second-order valence-corrected chi connectivity index (χ2v) is 6.27. The molecule has 2 N–H and O–H groups in total. The molecule has 0 saturated carbocycles. The van der Waals surface area contributed by atoms with Gasteiger partial charge in [0.15, 0.2) is 0 Å². The molecular formula is C23H19N3O2. The summed E-state index contributed by atoms with van der Waals surface area (Å²) in [5.74, 6) is 1.50. The maximum absolute atomic E-state index is 12.3. The molecule has 0 unspecified atom stereocenters. The Bertz CT molecular complexity index is 1090. The van der Waals surface area contributed by atoms with Gasteiger partial charge in [-0.2, -0.15) is 0 Å². The van der Waals surface area contributed by atoms with E-state index < -0.39 is 0 Å². The number of benzene rings is 3. The molecule has 1 heterocycles. The average Bonchev–Trinajstić information content (AvgIpc) is 2.74. The van der Waals surface area contributed by atoms with Crippen LogP contribution in [0.15, 0.2) is 91.3 Å². The van der Waals surface area contributed by atoms with Gasteiger partial charge in [0.2, 0.25) is 0 Å². The SMILES string of the molecule is O=C(NCc1cccc(Oc2ccccc2)c1)Nc1cccc2cnccc12. The van der Waals surface area contributed by atoms with E-state index >= 15 is 0 Å². The van der Waals surface area contributed by atoms with Crippen molar-refractivity contribution in [2.24, 2.45) is 0 Å². The van der Waals surface area contributed by atoms with Crippen molar-refractivity contribution in [3.8, 4) is 11.5 Å². The van der Waals surface area contributed by atoms with Crippen LogP contribution in [0.2, 0.25) is 0 Å². The minimum atomic E-state index is -0.265. The molecule has 28 heavy (non-hydrogen) atoms. The summed E-state index contributed by atoms with van der Waals surface area (Å²) in [7, 11) is 0. The molecule has 0 aliphatic rings. The molecule has 2 amide bonds. The number of carbonyl (C=O) groups excluding carboxylic acids is 1. The maximum atomic E-state index is 12.3. The molecule has 3 aromatic carbocycles. The Morgan fingerprint density at radius 2 is 1.71 bits per heavy atom. The summed E-state index contributed by atoms with van der Waals surface area (Å²) in [6.45, 7) is 0.393. The summed E-state index contributed by atoms with van der Waals surface area (Å²) in [6, 6.07) is 24.6. The van der Waals surface area contributed by atoms with Gasteiger partial charge in [0.05, 0.1) is 5.69 Å². The second-order valence-electron chi connectivity index (χ2n) is 6.27. The highest BCUT2D eigenvalue weighted by molar-refractivity contribution is 6.01. The van der Waals surface area contributed by atoms with Crippen molar-refractivity contribution >= 4 is 22.5 Å². The quantitative estimate of drug-likeness (QED) is 0.498. The lowest BCUT2D eigenvalue weighted by Crippen LogP contribution is -2.28. The molecule has 0 aliphatic heterocycles. The monoisotopic (exact) mass is 369 g/mol. The molecule has 0 bridgehead atoms. The number of ether oxygens (including phenoxy) is 1. The Morgan fingerprint density at radius 3 is 2.61 bits per heavy atom. The lowest BCUT2D eigenvalue weighted by molar-refractivity contribution is 0.251. The number of nitrogens with one attached hydrogen (secondary N) is 2. The second kappa shape index (κ2) is 8.22. The van der Waals surface area contributed by atoms with Crippen LogP contribution >= 0.6 is 0 Å². The van der Waals surface area contributed by atoms with Gasteiger partial charge >= 0.3 is 6.03 Å². The van der Waals surface area contributed by atoms with Crippen molar-refractivity contribution < 1.29 is 9.53 Å². The summed E-state index contributed by atoms with van der Waals surface area (Å²) in [5, 5.41) is 7.71. The van der Waals surface area contributed by atoms with Crippen molar-refractivity contribution in [3.05, 3.63) is 96.8 Å². The largest absolute Gasteiger partial charge is 0.457 e. The number of amides is 2. The van der Waals surface area contributed by atoms with E-state index in [1.165, 1.54) is 0 Å². The predicted octanol–water partition coefficient (Wildman–Crippen LogP) is 5.35. The van der Waals surface area contributed by atoms with E-state index in [1.807, 2.05) is 78.9 Å². The number of urea groups is 1. The lowest BCUT2D eigenvalue weighted by Gasteiger charge is -2.11. The first-order chi connectivity index (χ1) is 13.8. The summed E-state index contributed by atoms with van der Waals surface area (Å²) in [6.07, 6.45) is 3.49. The van der Waals surface area contributed by atoms with Crippen LogP contribution in [-0.2, 0) is 6.54 Å². The molecule has 0 fully saturated rings. The number of pyridine rings is 1. The fourth-order valence-electron chi connectivity index (χ4n) is 2.92. The summed E-state index contributed by atoms with van der Waals surface area (Å²) < 4.78 is 5.84. The third-order valence-corrected chi connectivity index (χ3v) is 4.26. The van der Waals surface area contributed by atoms with Crippen LogP contribution < -0.4 is 15.4 Å². The molecule has 4 aromatic rings. The van der Waals surface area contributed by atoms with Crippen molar-refractivity contribution in [2.75, 3.05) is 5.32 Å². The molecule has 4 rings (SSSR count). The van der Waals surface area contributed by atoms with Crippen LogP contribution in [0.5, 0.6) is 11.5 Å². The molecule has 0 radical (unpaired) electrons. The minimum absolute atomic E-state index is 0.265. The molecule has 138 valence electrons. The Labute approximate surface area is 163 Å². The number of fused-ring (bicyclic) bond motifs is 1. The third kappa shape index (κ3) is 4.27. The number of carbonyl (C=O) groups is 1. The van der Waals surface area contributed by atoms with Gasteiger partial charge in [-0.25, -0.2) is 4.79 Å². The molecule has 5 nitrogen and oxygen atoms in total. The number of rotatable bonds is 5. The highest BCUT2D eigenvalue weighted by Gasteiger charge is 2.06. The van der Waals surface area contributed by atoms with Crippen molar-refractivity contribution in [1.82, 2.24) is 10.3 Å². The number of hydrogen-bond acceptors (Lipinski definition) is 3. The number of hydrogen-bond donors (Lipinski definition) is 2. The maximum Gasteiger partial charge on any atom is 0.319 e. The van der Waals surface area contributed by atoms with E-state index in [2.05, 4.69) is 15.6 Å². The van der Waals surface area contributed by atoms with Crippen LogP contribution in [-0.4, -0.2) is 11.0 Å². The molecule has 5 heteroatoms. The Morgan fingerprint density at radius 1 is 0.893 bits per heavy atom. The van der Waals surface area contributed by atoms with Gasteiger partial charge < -0.3 is 15.4 Å². The zero-order valence-electron chi connectivity index (χ0n) is 15.1. The van der Waals surface area contributed by atoms with Gasteiger partial charge in [-0.1, -0.05) is 42.5 Å². The van der Waals surface area contributed by atoms with E-state index in [4.69, 9.17) is 4.74 Å². The van der Waals surface area contributed by atoms with Crippen LogP contribution in [0.3, 0.4) is 0 Å². The third-order valence-electron chi connectivity index (χ3n) is 4.26. The van der Waals surface area contributed by atoms with E-state index in [0.717, 1.165) is 33.5 Å². The summed E-state index contributed by atoms with van der Waals surface area (Å²) in [5.41, 5.74) is 1.70. The summed E-state index contributed by atoms with van der Waals surface area (Å²) in [4.78, 5) is 16.4. The fraction of sp³-hybridized carbons (Fsp3) is 0.0435. The first-order valence-corrected chi connectivity index (χ1v) is 8.97. The van der Waals surface area contributed by atoms with Gasteiger partial charge in [-0.05, 0) is 42.0 Å². The fourth-order valence-corrected chi connectivity index (χ4v) is 2.92. The van der Waals surface area contributed by atoms with Gasteiger partial charge in [-0.3, -0.25) is 4.98 Å². The van der Waals surface area contributed by atoms with Crippen molar-refractivity contribution in [3.63, 3.8) is 0 Å². The normalized spacial score (nSPS) is 10.4. The first kappa shape index (κ1) is 17.5. The van der Waals surface area contributed by atoms with E-state index in [1.54, 1.807) is 12.4 Å². The van der Waals surface area contributed by atoms with Crippen LogP contribution in [0.4, 0.5) is 10.5 Å². The Hall–Kier alpha value is -3.86. The molecular weight excluding hydrogens is 350 g/mol. The topological polar surface area (TPSA) is 63.2 Å². The Kier molecular flexibility index (Phi) is 5.15. The molecule has 0 spiro atoms. The number of anilines is 1. The van der Waals surface area contributed by atoms with Gasteiger partial charge in [0.25, 0.3) is 0 Å². The highest BCUT2D eigenvalue weighted by atomic mass is 16.5. The minimum Gasteiger partial charge on any atom is -0.457 e. The van der Waals surface area contributed by atoms with E-state index in [-0.39, 0.29) is 6.03 Å². The summed E-state index contributed by atoms with van der Waals surface area (Å²) >= 11 is 0. The van der Waals surface area contributed by atoms with E-state index in [0.29, 0.717) is 6.54 Å². The lowest BCUT2D eigenvalue weighted by atomic mass is 10.1. The average molecular weight is 369 g/mol. The van der Waals surface area contributed by atoms with Gasteiger partial charge in [-0.15, -0.1) is 0 Å². The van der Waals surface area contributed by atoms with Gasteiger partial charge in [0, 0.05) is 29.7 Å². The van der Waals surface area contributed by atoms with Crippen LogP contribution in [0.1, 0.15) is 5.56 Å². The molecule has 0 atom stereocenters. The zero-order chi connectivity index (χ0) is 19.2. The Balaban J connectivity index is 1.39. The van der Waals surface area contributed by atoms with E-state index in [9.17, 15) is 4.79 Å². The smallest absolute Gasteiger partial charge is 0.319 e. The standard InChI is InChI=1S/C23H19N3O2/c27-23(26-22-11-5-7-18-16-24-13-12-21(18)22)25-15-17-6-4-10-20(14-17)28-19-8-2-1-3-9-19/h1-14,16H,15H2,(H2,25,26,27). The van der Waals surface area contributed by atoms with Crippen molar-refractivity contribution in [2.45, 2.75) is 6.54 Å². The van der Waals surface area contributed by atoms with Crippen molar-refractivity contribution in [1.29, 1.82) is 0 Å². The molecule has 0 saturated heterocycles. The number of nitrogens with zero attached hydrogens (tertiary/aromatic N) is 1. The van der Waals surface area contributed by atoms with Crippen LogP contribution in [0, 0.1) is 0 Å². The molecule has 1 aromatic heterocycles. The van der Waals surface area contributed by atoms with Gasteiger partial charge in [0.1, 0.15) is 11.5 Å². The predicted molar refractivity (Wildman–Crippen MR) is 111 cm³/mol. The molecule has 0 aliphatic carbocycles. The highest BCUT2D eigenvalue weighted by Crippen LogP contribution is 2.23. The number of para-hydroxylation sites is 1.